The first-order valence-corrected chi connectivity index (χ1v) is 8.01. The Hall–Kier alpha value is -3.24. The van der Waals surface area contributed by atoms with Crippen LogP contribution in [0.5, 0.6) is 5.75 Å². The van der Waals surface area contributed by atoms with E-state index in [0.717, 1.165) is 10.9 Å². The number of tetrazole rings is 1. The Balaban J connectivity index is 2.12. The number of hydrogen-bond acceptors (Lipinski definition) is 7. The maximum absolute atomic E-state index is 13.9. The molecule has 0 radical (unpaired) electrons. The standard InChI is InChI=1S/C16H20FN5O5/c1-16(2,3)27-15(26)18-9(6-13(24)25)8-22-20-14(19-21-22)11-5-4-10(23)7-12(11)17/h4-5,7,9,23H,6,8H2,1-3H3,(H,18,26)(H,24,25)/t9-/m0/s1. The second-order valence-corrected chi connectivity index (χ2v) is 6.77. The highest BCUT2D eigenvalue weighted by atomic mass is 19.1. The monoisotopic (exact) mass is 381 g/mol. The van der Waals surface area contributed by atoms with E-state index in [-0.39, 0.29) is 23.7 Å². The van der Waals surface area contributed by atoms with Crippen LogP contribution in [0, 0.1) is 5.82 Å². The Morgan fingerprint density at radius 3 is 2.67 bits per heavy atom. The van der Waals surface area contributed by atoms with Gasteiger partial charge in [0.05, 0.1) is 24.6 Å². The molecule has 2 aromatic rings. The minimum Gasteiger partial charge on any atom is -0.508 e. The Kier molecular flexibility index (Phi) is 5.93. The first kappa shape index (κ1) is 20.1. The highest BCUT2D eigenvalue weighted by Gasteiger charge is 2.23. The third-order valence-corrected chi connectivity index (χ3v) is 3.17. The Labute approximate surface area is 153 Å². The predicted octanol–water partition coefficient (Wildman–Crippen LogP) is 1.55. The van der Waals surface area contributed by atoms with E-state index in [4.69, 9.17) is 9.84 Å². The zero-order valence-electron chi connectivity index (χ0n) is 15.0. The molecular formula is C16H20FN5O5. The van der Waals surface area contributed by atoms with Crippen LogP contribution in [0.3, 0.4) is 0 Å². The van der Waals surface area contributed by atoms with Crippen LogP contribution in [0.4, 0.5) is 9.18 Å². The molecule has 0 spiro atoms. The number of rotatable bonds is 6. The molecular weight excluding hydrogens is 361 g/mol. The fourth-order valence-corrected chi connectivity index (χ4v) is 2.16. The van der Waals surface area contributed by atoms with Crippen LogP contribution >= 0.6 is 0 Å². The number of benzene rings is 1. The van der Waals surface area contributed by atoms with Crippen molar-refractivity contribution in [3.8, 4) is 17.1 Å². The van der Waals surface area contributed by atoms with Crippen LogP contribution < -0.4 is 5.32 Å². The van der Waals surface area contributed by atoms with Gasteiger partial charge in [-0.05, 0) is 38.1 Å². The van der Waals surface area contributed by atoms with E-state index in [2.05, 4.69) is 20.7 Å². The number of aromatic nitrogens is 4. The Morgan fingerprint density at radius 1 is 1.37 bits per heavy atom. The Bertz CT molecular complexity index is 833. The zero-order valence-corrected chi connectivity index (χ0v) is 15.0. The maximum atomic E-state index is 13.9. The number of carbonyl (C=O) groups is 2. The molecule has 27 heavy (non-hydrogen) atoms. The molecule has 0 aliphatic rings. The molecule has 0 bridgehead atoms. The van der Waals surface area contributed by atoms with E-state index in [0.29, 0.717) is 0 Å². The fraction of sp³-hybridized carbons (Fsp3) is 0.438. The van der Waals surface area contributed by atoms with Gasteiger partial charge in [0.1, 0.15) is 17.2 Å². The van der Waals surface area contributed by atoms with Crippen molar-refractivity contribution in [3.63, 3.8) is 0 Å². The van der Waals surface area contributed by atoms with Gasteiger partial charge >= 0.3 is 12.1 Å². The van der Waals surface area contributed by atoms with Crippen LogP contribution in [-0.2, 0) is 16.1 Å². The molecule has 10 nitrogen and oxygen atoms in total. The van der Waals surface area contributed by atoms with E-state index < -0.39 is 35.9 Å². The highest BCUT2D eigenvalue weighted by Crippen LogP contribution is 2.22. The summed E-state index contributed by atoms with van der Waals surface area (Å²) >= 11 is 0. The number of aromatic hydroxyl groups is 1. The summed E-state index contributed by atoms with van der Waals surface area (Å²) in [6.07, 6.45) is -1.18. The molecule has 0 saturated heterocycles. The second kappa shape index (κ2) is 7.98. The van der Waals surface area contributed by atoms with Gasteiger partial charge in [0.15, 0.2) is 0 Å². The molecule has 2 rings (SSSR count). The smallest absolute Gasteiger partial charge is 0.407 e. The average Bonchev–Trinajstić information content (AvgIpc) is 2.92. The summed E-state index contributed by atoms with van der Waals surface area (Å²) < 4.78 is 19.0. The maximum Gasteiger partial charge on any atom is 0.407 e. The summed E-state index contributed by atoms with van der Waals surface area (Å²) in [5.74, 6) is -2.16. The molecule has 146 valence electrons. The number of hydrogen-bond donors (Lipinski definition) is 3. The third-order valence-electron chi connectivity index (χ3n) is 3.17. The summed E-state index contributed by atoms with van der Waals surface area (Å²) in [4.78, 5) is 24.0. The molecule has 1 atom stereocenters. The van der Waals surface area contributed by atoms with Gasteiger partial charge in [-0.1, -0.05) is 0 Å². The third kappa shape index (κ3) is 6.20. The van der Waals surface area contributed by atoms with E-state index in [1.165, 1.54) is 12.1 Å². The van der Waals surface area contributed by atoms with Crippen molar-refractivity contribution in [2.75, 3.05) is 0 Å². The average molecular weight is 381 g/mol. The molecule has 1 aromatic carbocycles. The summed E-state index contributed by atoms with van der Waals surface area (Å²) in [6.45, 7) is 4.92. The van der Waals surface area contributed by atoms with Crippen LogP contribution in [0.25, 0.3) is 11.4 Å². The largest absolute Gasteiger partial charge is 0.508 e. The van der Waals surface area contributed by atoms with Crippen molar-refractivity contribution in [2.45, 2.75) is 45.4 Å². The number of nitrogens with one attached hydrogen (secondary N) is 1. The molecule has 11 heteroatoms. The van der Waals surface area contributed by atoms with E-state index in [1.54, 1.807) is 20.8 Å². The van der Waals surface area contributed by atoms with Gasteiger partial charge in [-0.3, -0.25) is 4.79 Å². The van der Waals surface area contributed by atoms with Gasteiger partial charge in [-0.15, -0.1) is 10.2 Å². The first-order chi connectivity index (χ1) is 12.5. The molecule has 0 aliphatic heterocycles. The van der Waals surface area contributed by atoms with Crippen molar-refractivity contribution in [2.24, 2.45) is 0 Å². The van der Waals surface area contributed by atoms with Crippen molar-refractivity contribution in [1.82, 2.24) is 25.5 Å². The van der Waals surface area contributed by atoms with Crippen LogP contribution in [0.2, 0.25) is 0 Å². The minimum atomic E-state index is -1.14. The number of ether oxygens (including phenoxy) is 1. The van der Waals surface area contributed by atoms with Gasteiger partial charge in [0.2, 0.25) is 5.82 Å². The summed E-state index contributed by atoms with van der Waals surface area (Å²) in [6, 6.07) is 2.60. The van der Waals surface area contributed by atoms with Crippen molar-refractivity contribution < 1.29 is 28.9 Å². The lowest BCUT2D eigenvalue weighted by Crippen LogP contribution is -2.42. The predicted molar refractivity (Wildman–Crippen MR) is 90.3 cm³/mol. The van der Waals surface area contributed by atoms with Gasteiger partial charge in [0, 0.05) is 6.07 Å². The summed E-state index contributed by atoms with van der Waals surface area (Å²) in [5, 5.41) is 32.2. The molecule has 0 saturated carbocycles. The number of amides is 1. The second-order valence-electron chi connectivity index (χ2n) is 6.77. The zero-order chi connectivity index (χ0) is 20.2. The molecule has 0 unspecified atom stereocenters. The summed E-state index contributed by atoms with van der Waals surface area (Å²) in [5.41, 5.74) is -0.721. The van der Waals surface area contributed by atoms with Crippen molar-refractivity contribution >= 4 is 12.1 Å². The number of phenolic OH excluding ortho intramolecular Hbond substituents is 1. The van der Waals surface area contributed by atoms with Gasteiger partial charge < -0.3 is 20.3 Å². The lowest BCUT2D eigenvalue weighted by Gasteiger charge is -2.22. The molecule has 1 heterocycles. The SMILES string of the molecule is CC(C)(C)OC(=O)N[C@@H](CC(=O)O)Cn1nnc(-c2ccc(O)cc2F)n1. The number of alkyl carbamates (subject to hydrolysis) is 1. The lowest BCUT2D eigenvalue weighted by molar-refractivity contribution is -0.137. The number of carbonyl (C=O) groups excluding carboxylic acids is 1. The first-order valence-electron chi connectivity index (χ1n) is 8.01. The van der Waals surface area contributed by atoms with E-state index in [9.17, 15) is 19.1 Å². The van der Waals surface area contributed by atoms with Crippen molar-refractivity contribution in [1.29, 1.82) is 0 Å². The quantitative estimate of drug-likeness (QED) is 0.685. The van der Waals surface area contributed by atoms with E-state index in [1.807, 2.05) is 0 Å². The number of aliphatic carboxylic acids is 1. The fourth-order valence-electron chi connectivity index (χ4n) is 2.16. The van der Waals surface area contributed by atoms with Crippen LogP contribution in [0.15, 0.2) is 18.2 Å². The molecule has 0 aliphatic carbocycles. The highest BCUT2D eigenvalue weighted by molar-refractivity contribution is 5.71. The Morgan fingerprint density at radius 2 is 2.07 bits per heavy atom. The lowest BCUT2D eigenvalue weighted by atomic mass is 10.2. The number of phenols is 1. The van der Waals surface area contributed by atoms with Crippen LogP contribution in [-0.4, -0.2) is 54.1 Å². The number of nitrogens with zero attached hydrogens (tertiary/aromatic N) is 4. The molecule has 1 amide bonds. The van der Waals surface area contributed by atoms with E-state index >= 15 is 0 Å². The molecule has 3 N–H and O–H groups in total. The van der Waals surface area contributed by atoms with Crippen molar-refractivity contribution in [3.05, 3.63) is 24.0 Å². The van der Waals surface area contributed by atoms with Gasteiger partial charge in [-0.2, -0.15) is 4.80 Å². The number of carboxylic acid groups (broad SMARTS) is 1. The van der Waals surface area contributed by atoms with Gasteiger partial charge in [-0.25, -0.2) is 9.18 Å². The molecule has 1 aromatic heterocycles. The summed E-state index contributed by atoms with van der Waals surface area (Å²) in [7, 11) is 0. The normalized spacial score (nSPS) is 12.4. The number of carboxylic acids is 1. The number of halogens is 1. The molecule has 0 fully saturated rings. The van der Waals surface area contributed by atoms with Gasteiger partial charge in [0.25, 0.3) is 0 Å². The van der Waals surface area contributed by atoms with Crippen LogP contribution in [0.1, 0.15) is 27.2 Å². The minimum absolute atomic E-state index is 0.0222. The topological polar surface area (TPSA) is 139 Å².